The Morgan fingerprint density at radius 3 is 2.55 bits per heavy atom. The second-order valence-electron chi connectivity index (χ2n) is 3.87. The van der Waals surface area contributed by atoms with Gasteiger partial charge in [0.15, 0.2) is 0 Å². The summed E-state index contributed by atoms with van der Waals surface area (Å²) in [7, 11) is -3.19. The number of sulfonamides is 1. The van der Waals surface area contributed by atoms with Crippen molar-refractivity contribution in [3.8, 4) is 0 Å². The van der Waals surface area contributed by atoms with E-state index in [4.69, 9.17) is 5.73 Å². The zero-order valence-electron chi connectivity index (χ0n) is 10.6. The second kappa shape index (κ2) is 6.25. The summed E-state index contributed by atoms with van der Waals surface area (Å²) < 4.78 is 56.0. The summed E-state index contributed by atoms with van der Waals surface area (Å²) in [4.78, 5) is 11.0. The predicted octanol–water partition coefficient (Wildman–Crippen LogP) is 0.346. The largest absolute Gasteiger partial charge is 0.465 e. The average Bonchev–Trinajstić information content (AvgIpc) is 2.44. The molecule has 9 heteroatoms. The van der Waals surface area contributed by atoms with Crippen LogP contribution in [0.4, 0.5) is 8.78 Å². The van der Waals surface area contributed by atoms with Crippen molar-refractivity contribution >= 4 is 16.0 Å². The maximum Gasteiger partial charge on any atom is 0.339 e. The molecule has 0 saturated carbocycles. The number of methoxy groups -OCH3 is 1. The molecule has 1 aromatic carbocycles. The Labute approximate surface area is 115 Å². The van der Waals surface area contributed by atoms with E-state index < -0.39 is 39.9 Å². The topological polar surface area (TPSA) is 98.5 Å². The summed E-state index contributed by atoms with van der Waals surface area (Å²) in [5, 5.41) is 0. The van der Waals surface area contributed by atoms with Gasteiger partial charge in [-0.2, -0.15) is 0 Å². The highest BCUT2D eigenvalue weighted by Crippen LogP contribution is 2.17. The van der Waals surface area contributed by atoms with Gasteiger partial charge in [0.1, 0.15) is 0 Å². The number of esters is 1. The number of carbonyl (C=O) groups excluding carboxylic acids is 1. The van der Waals surface area contributed by atoms with Crippen molar-refractivity contribution in [3.05, 3.63) is 29.8 Å². The minimum absolute atomic E-state index is 0.237. The Balaban J connectivity index is 3.08. The van der Waals surface area contributed by atoms with Crippen LogP contribution in [0.15, 0.2) is 29.2 Å². The lowest BCUT2D eigenvalue weighted by molar-refractivity contribution is 0.0170. The lowest BCUT2D eigenvalue weighted by Crippen LogP contribution is -2.41. The number of halogens is 2. The highest BCUT2D eigenvalue weighted by molar-refractivity contribution is 7.89. The molecule has 0 fully saturated rings. The van der Waals surface area contributed by atoms with Gasteiger partial charge >= 0.3 is 5.97 Å². The molecular formula is C11H14F2N2O4S. The molecule has 0 aliphatic carbocycles. The van der Waals surface area contributed by atoms with Crippen molar-refractivity contribution in [2.75, 3.05) is 20.2 Å². The van der Waals surface area contributed by atoms with Crippen LogP contribution in [0.3, 0.4) is 0 Å². The van der Waals surface area contributed by atoms with Gasteiger partial charge in [-0.3, -0.25) is 0 Å². The van der Waals surface area contributed by atoms with Crippen LogP contribution in [0.1, 0.15) is 10.4 Å². The molecule has 1 rings (SSSR count). The normalized spacial score (nSPS) is 12.2. The van der Waals surface area contributed by atoms with Crippen LogP contribution in [0.25, 0.3) is 0 Å². The third-order valence-corrected chi connectivity index (χ3v) is 3.86. The Hall–Kier alpha value is -1.58. The van der Waals surface area contributed by atoms with Crippen LogP contribution in [0, 0.1) is 0 Å². The van der Waals surface area contributed by atoms with E-state index in [2.05, 4.69) is 4.74 Å². The van der Waals surface area contributed by atoms with Gasteiger partial charge in [0.2, 0.25) is 10.0 Å². The molecular weight excluding hydrogens is 294 g/mol. The number of rotatable bonds is 6. The number of alkyl halides is 2. The first-order chi connectivity index (χ1) is 9.23. The average molecular weight is 308 g/mol. The van der Waals surface area contributed by atoms with Crippen molar-refractivity contribution in [1.29, 1.82) is 0 Å². The summed E-state index contributed by atoms with van der Waals surface area (Å²) >= 11 is 0. The molecule has 0 saturated heterocycles. The summed E-state index contributed by atoms with van der Waals surface area (Å²) in [5.74, 6) is -4.25. The fraction of sp³-hybridized carbons (Fsp3) is 0.364. The van der Waals surface area contributed by atoms with Gasteiger partial charge in [0.25, 0.3) is 5.92 Å². The van der Waals surface area contributed by atoms with Crippen LogP contribution in [0.5, 0.6) is 0 Å². The maximum absolute atomic E-state index is 13.0. The van der Waals surface area contributed by atoms with Gasteiger partial charge in [0.05, 0.1) is 30.7 Å². The van der Waals surface area contributed by atoms with Gasteiger partial charge in [-0.05, 0) is 12.1 Å². The first kappa shape index (κ1) is 16.5. The SMILES string of the molecule is COC(=O)c1ccccc1S(=O)(=O)NCC(F)(F)CN. The number of hydrogen-bond donors (Lipinski definition) is 2. The van der Waals surface area contributed by atoms with Crippen molar-refractivity contribution in [1.82, 2.24) is 4.72 Å². The summed E-state index contributed by atoms with van der Waals surface area (Å²) in [5.41, 5.74) is 4.58. The molecule has 0 radical (unpaired) electrons. The van der Waals surface area contributed by atoms with Crippen LogP contribution in [-0.2, 0) is 14.8 Å². The Bertz CT molecular complexity index is 590. The monoisotopic (exact) mass is 308 g/mol. The third kappa shape index (κ3) is 3.95. The lowest BCUT2D eigenvalue weighted by Gasteiger charge is -2.15. The molecule has 0 unspecified atom stereocenters. The minimum atomic E-state index is -4.28. The molecule has 1 aromatic rings. The molecule has 0 bridgehead atoms. The number of ether oxygens (including phenoxy) is 1. The van der Waals surface area contributed by atoms with Crippen LogP contribution in [-0.4, -0.2) is 40.5 Å². The number of carbonyl (C=O) groups is 1. The quantitative estimate of drug-likeness (QED) is 0.739. The smallest absolute Gasteiger partial charge is 0.339 e. The summed E-state index contributed by atoms with van der Waals surface area (Å²) in [6, 6.07) is 5.14. The van der Waals surface area contributed by atoms with E-state index in [1.165, 1.54) is 18.2 Å². The minimum Gasteiger partial charge on any atom is -0.465 e. The first-order valence-electron chi connectivity index (χ1n) is 5.48. The Morgan fingerprint density at radius 1 is 1.40 bits per heavy atom. The predicted molar refractivity (Wildman–Crippen MR) is 67.0 cm³/mol. The van der Waals surface area contributed by atoms with E-state index in [-0.39, 0.29) is 5.56 Å². The van der Waals surface area contributed by atoms with E-state index in [9.17, 15) is 22.0 Å². The van der Waals surface area contributed by atoms with Crippen LogP contribution >= 0.6 is 0 Å². The summed E-state index contributed by atoms with van der Waals surface area (Å²) in [6.07, 6.45) is 0. The molecule has 0 spiro atoms. The molecule has 0 amide bonds. The van der Waals surface area contributed by atoms with Gasteiger partial charge in [-0.25, -0.2) is 26.7 Å². The Morgan fingerprint density at radius 2 is 2.00 bits per heavy atom. The lowest BCUT2D eigenvalue weighted by atomic mass is 10.2. The van der Waals surface area contributed by atoms with Crippen molar-refractivity contribution in [3.63, 3.8) is 0 Å². The molecule has 0 aromatic heterocycles. The van der Waals surface area contributed by atoms with Crippen LogP contribution < -0.4 is 10.5 Å². The van der Waals surface area contributed by atoms with Crippen molar-refractivity contribution < 1.29 is 26.7 Å². The number of hydrogen-bond acceptors (Lipinski definition) is 5. The van der Waals surface area contributed by atoms with Crippen LogP contribution in [0.2, 0.25) is 0 Å². The standard InChI is InChI=1S/C11H14F2N2O4S/c1-19-10(16)8-4-2-3-5-9(8)20(17,18)15-7-11(12,13)6-14/h2-5,15H,6-7,14H2,1H3. The molecule has 0 aliphatic heterocycles. The van der Waals surface area contributed by atoms with E-state index in [1.807, 2.05) is 0 Å². The molecule has 112 valence electrons. The zero-order valence-corrected chi connectivity index (χ0v) is 11.4. The van der Waals surface area contributed by atoms with Gasteiger partial charge in [-0.15, -0.1) is 0 Å². The third-order valence-electron chi connectivity index (χ3n) is 2.40. The molecule has 20 heavy (non-hydrogen) atoms. The van der Waals surface area contributed by atoms with E-state index >= 15 is 0 Å². The molecule has 6 nitrogen and oxygen atoms in total. The molecule has 0 heterocycles. The number of benzene rings is 1. The van der Waals surface area contributed by atoms with E-state index in [0.29, 0.717) is 0 Å². The first-order valence-corrected chi connectivity index (χ1v) is 6.97. The van der Waals surface area contributed by atoms with E-state index in [0.717, 1.165) is 13.2 Å². The van der Waals surface area contributed by atoms with Gasteiger partial charge in [-0.1, -0.05) is 12.1 Å². The van der Waals surface area contributed by atoms with Gasteiger partial charge in [0, 0.05) is 0 Å². The highest BCUT2D eigenvalue weighted by Gasteiger charge is 2.30. The van der Waals surface area contributed by atoms with Crippen molar-refractivity contribution in [2.24, 2.45) is 5.73 Å². The Kier molecular flexibility index (Phi) is 5.15. The summed E-state index contributed by atoms with van der Waals surface area (Å²) in [6.45, 7) is -2.14. The number of nitrogens with one attached hydrogen (secondary N) is 1. The fourth-order valence-electron chi connectivity index (χ4n) is 1.33. The zero-order chi connectivity index (χ0) is 15.4. The molecule has 3 N–H and O–H groups in total. The fourth-order valence-corrected chi connectivity index (χ4v) is 2.59. The van der Waals surface area contributed by atoms with Crippen molar-refractivity contribution in [2.45, 2.75) is 10.8 Å². The molecule has 0 aliphatic rings. The molecule has 0 atom stereocenters. The van der Waals surface area contributed by atoms with E-state index in [1.54, 1.807) is 4.72 Å². The highest BCUT2D eigenvalue weighted by atomic mass is 32.2. The number of nitrogens with two attached hydrogens (primary N) is 1. The van der Waals surface area contributed by atoms with Gasteiger partial charge < -0.3 is 10.5 Å². The second-order valence-corrected chi connectivity index (χ2v) is 5.61. The maximum atomic E-state index is 13.0.